The average molecular weight is 403 g/mol. The summed E-state index contributed by atoms with van der Waals surface area (Å²) in [5, 5.41) is 0. The number of anilines is 1. The van der Waals surface area contributed by atoms with Crippen molar-refractivity contribution in [3.05, 3.63) is 89.5 Å². The average Bonchev–Trinajstić information content (AvgIpc) is 2.68. The molecular formula is C21H19F2NO3S. The molecular weight excluding hydrogens is 384 g/mol. The third-order valence-corrected chi connectivity index (χ3v) is 6.22. The molecule has 0 bridgehead atoms. The van der Waals surface area contributed by atoms with Crippen molar-refractivity contribution in [1.29, 1.82) is 0 Å². The second-order valence-electron chi connectivity index (χ2n) is 6.25. The first-order chi connectivity index (χ1) is 13.3. The molecule has 0 heterocycles. The molecule has 146 valence electrons. The maximum absolute atomic E-state index is 13.8. The van der Waals surface area contributed by atoms with E-state index in [9.17, 15) is 17.2 Å². The van der Waals surface area contributed by atoms with Crippen LogP contribution in [-0.4, -0.2) is 15.5 Å². The van der Waals surface area contributed by atoms with Gasteiger partial charge in [-0.15, -0.1) is 0 Å². The number of benzene rings is 3. The lowest BCUT2D eigenvalue weighted by Gasteiger charge is -2.25. The minimum absolute atomic E-state index is 0.0499. The lowest BCUT2D eigenvalue weighted by Crippen LogP contribution is -2.31. The SMILES string of the molecule is COc1ccc(CN(c2cccc(F)c2)S(=O)(=O)c2cc(F)ccc2C)cc1. The molecule has 3 rings (SSSR count). The van der Waals surface area contributed by atoms with Crippen LogP contribution in [0.1, 0.15) is 11.1 Å². The van der Waals surface area contributed by atoms with E-state index in [1.807, 2.05) is 0 Å². The van der Waals surface area contributed by atoms with E-state index >= 15 is 0 Å². The predicted octanol–water partition coefficient (Wildman–Crippen LogP) is 4.68. The molecule has 0 aromatic heterocycles. The highest BCUT2D eigenvalue weighted by Gasteiger charge is 2.27. The lowest BCUT2D eigenvalue weighted by molar-refractivity contribution is 0.414. The van der Waals surface area contributed by atoms with Crippen molar-refractivity contribution >= 4 is 15.7 Å². The highest BCUT2D eigenvalue weighted by Crippen LogP contribution is 2.29. The highest BCUT2D eigenvalue weighted by atomic mass is 32.2. The first-order valence-corrected chi connectivity index (χ1v) is 9.92. The van der Waals surface area contributed by atoms with Gasteiger partial charge in [0.25, 0.3) is 10.0 Å². The Balaban J connectivity index is 2.10. The van der Waals surface area contributed by atoms with Gasteiger partial charge in [-0.1, -0.05) is 24.3 Å². The minimum Gasteiger partial charge on any atom is -0.497 e. The Labute approximate surface area is 163 Å². The van der Waals surface area contributed by atoms with Gasteiger partial charge in [0.15, 0.2) is 0 Å². The van der Waals surface area contributed by atoms with Crippen molar-refractivity contribution < 1.29 is 21.9 Å². The van der Waals surface area contributed by atoms with Gasteiger partial charge in [0.1, 0.15) is 17.4 Å². The predicted molar refractivity (Wildman–Crippen MR) is 104 cm³/mol. The summed E-state index contributed by atoms with van der Waals surface area (Å²) < 4.78 is 60.5. The Morgan fingerprint density at radius 2 is 1.61 bits per heavy atom. The topological polar surface area (TPSA) is 46.6 Å². The molecule has 0 unspecified atom stereocenters. The van der Waals surface area contributed by atoms with Gasteiger partial charge in [0.05, 0.1) is 24.2 Å². The van der Waals surface area contributed by atoms with Crippen LogP contribution in [-0.2, 0) is 16.6 Å². The number of hydrogen-bond acceptors (Lipinski definition) is 3. The zero-order valence-corrected chi connectivity index (χ0v) is 16.2. The van der Waals surface area contributed by atoms with E-state index in [1.165, 1.54) is 37.4 Å². The molecule has 0 saturated heterocycles. The van der Waals surface area contributed by atoms with Crippen molar-refractivity contribution in [2.45, 2.75) is 18.4 Å². The molecule has 28 heavy (non-hydrogen) atoms. The number of nitrogens with zero attached hydrogens (tertiary/aromatic N) is 1. The Kier molecular flexibility index (Phi) is 5.65. The Bertz CT molecular complexity index is 1080. The fourth-order valence-corrected chi connectivity index (χ4v) is 4.50. The van der Waals surface area contributed by atoms with Gasteiger partial charge in [-0.2, -0.15) is 0 Å². The highest BCUT2D eigenvalue weighted by molar-refractivity contribution is 7.92. The summed E-state index contributed by atoms with van der Waals surface area (Å²) in [6, 6.07) is 15.7. The first kappa shape index (κ1) is 19.8. The molecule has 3 aromatic carbocycles. The second-order valence-corrected chi connectivity index (χ2v) is 8.08. The molecule has 3 aromatic rings. The third kappa shape index (κ3) is 4.14. The fraction of sp³-hybridized carbons (Fsp3) is 0.143. The van der Waals surface area contributed by atoms with Gasteiger partial charge in [-0.25, -0.2) is 17.2 Å². The van der Waals surface area contributed by atoms with Crippen LogP contribution in [0.5, 0.6) is 5.75 Å². The van der Waals surface area contributed by atoms with Crippen molar-refractivity contribution in [2.75, 3.05) is 11.4 Å². The molecule has 0 spiro atoms. The molecule has 0 atom stereocenters. The van der Waals surface area contributed by atoms with Crippen LogP contribution in [0.3, 0.4) is 0 Å². The smallest absolute Gasteiger partial charge is 0.264 e. The van der Waals surface area contributed by atoms with Crippen molar-refractivity contribution in [1.82, 2.24) is 0 Å². The van der Waals surface area contributed by atoms with E-state index in [0.717, 1.165) is 16.4 Å². The summed E-state index contributed by atoms with van der Waals surface area (Å²) in [6.45, 7) is 1.54. The summed E-state index contributed by atoms with van der Waals surface area (Å²) in [6.07, 6.45) is 0. The van der Waals surface area contributed by atoms with Crippen molar-refractivity contribution in [3.8, 4) is 5.75 Å². The normalized spacial score (nSPS) is 11.3. The number of ether oxygens (including phenoxy) is 1. The Hall–Kier alpha value is -2.93. The van der Waals surface area contributed by atoms with E-state index in [1.54, 1.807) is 31.2 Å². The van der Waals surface area contributed by atoms with Crippen LogP contribution in [0, 0.1) is 18.6 Å². The van der Waals surface area contributed by atoms with E-state index in [4.69, 9.17) is 4.74 Å². The first-order valence-electron chi connectivity index (χ1n) is 8.48. The number of aryl methyl sites for hydroxylation is 1. The van der Waals surface area contributed by atoms with E-state index in [0.29, 0.717) is 16.9 Å². The van der Waals surface area contributed by atoms with E-state index in [-0.39, 0.29) is 17.1 Å². The van der Waals surface area contributed by atoms with Gasteiger partial charge in [-0.05, 0) is 60.5 Å². The monoisotopic (exact) mass is 403 g/mol. The van der Waals surface area contributed by atoms with Crippen LogP contribution in [0.15, 0.2) is 71.6 Å². The number of hydrogen-bond donors (Lipinski definition) is 0. The quantitative estimate of drug-likeness (QED) is 0.601. The Morgan fingerprint density at radius 3 is 2.25 bits per heavy atom. The molecule has 0 N–H and O–H groups in total. The lowest BCUT2D eigenvalue weighted by atomic mass is 10.2. The van der Waals surface area contributed by atoms with Crippen LogP contribution >= 0.6 is 0 Å². The number of rotatable bonds is 6. The Morgan fingerprint density at radius 1 is 0.929 bits per heavy atom. The number of sulfonamides is 1. The van der Waals surface area contributed by atoms with Gasteiger partial charge >= 0.3 is 0 Å². The van der Waals surface area contributed by atoms with Crippen molar-refractivity contribution in [3.63, 3.8) is 0 Å². The summed E-state index contributed by atoms with van der Waals surface area (Å²) in [5.74, 6) is -0.596. The number of methoxy groups -OCH3 is 1. The number of halogens is 2. The van der Waals surface area contributed by atoms with Gasteiger partial charge < -0.3 is 4.74 Å². The molecule has 0 radical (unpaired) electrons. The molecule has 0 fully saturated rings. The van der Waals surface area contributed by atoms with Crippen LogP contribution in [0.2, 0.25) is 0 Å². The zero-order valence-electron chi connectivity index (χ0n) is 15.4. The van der Waals surface area contributed by atoms with Crippen LogP contribution < -0.4 is 9.04 Å². The standard InChI is InChI=1S/C21H19F2NO3S/c1-15-6-9-18(23)13-21(15)28(25,26)24(19-5-3-4-17(22)12-19)14-16-7-10-20(27-2)11-8-16/h3-13H,14H2,1-2H3. The molecule has 0 amide bonds. The second kappa shape index (κ2) is 7.98. The summed E-state index contributed by atoms with van der Waals surface area (Å²) >= 11 is 0. The zero-order chi connectivity index (χ0) is 20.3. The minimum atomic E-state index is -4.14. The molecule has 4 nitrogen and oxygen atoms in total. The van der Waals surface area contributed by atoms with Crippen LogP contribution in [0.4, 0.5) is 14.5 Å². The third-order valence-electron chi connectivity index (χ3n) is 4.30. The maximum Gasteiger partial charge on any atom is 0.264 e. The summed E-state index contributed by atoms with van der Waals surface area (Å²) in [7, 11) is -2.61. The van der Waals surface area contributed by atoms with E-state index in [2.05, 4.69) is 0 Å². The van der Waals surface area contributed by atoms with E-state index < -0.39 is 21.7 Å². The maximum atomic E-state index is 13.8. The molecule has 0 saturated carbocycles. The molecule has 0 aliphatic heterocycles. The van der Waals surface area contributed by atoms with Gasteiger partial charge in [-0.3, -0.25) is 4.31 Å². The van der Waals surface area contributed by atoms with Gasteiger partial charge in [0.2, 0.25) is 0 Å². The molecule has 0 aliphatic carbocycles. The van der Waals surface area contributed by atoms with Crippen LogP contribution in [0.25, 0.3) is 0 Å². The molecule has 7 heteroatoms. The van der Waals surface area contributed by atoms with Gasteiger partial charge in [0, 0.05) is 0 Å². The van der Waals surface area contributed by atoms with Crippen molar-refractivity contribution in [2.24, 2.45) is 0 Å². The summed E-state index contributed by atoms with van der Waals surface area (Å²) in [5.41, 5.74) is 1.22. The largest absolute Gasteiger partial charge is 0.497 e. The fourth-order valence-electron chi connectivity index (χ4n) is 2.81. The molecule has 0 aliphatic rings. The summed E-state index contributed by atoms with van der Waals surface area (Å²) in [4.78, 5) is -0.162.